The Morgan fingerprint density at radius 1 is 1.15 bits per heavy atom. The molecule has 7 rings (SSSR count). The lowest BCUT2D eigenvalue weighted by Gasteiger charge is -2.36. The number of carbonyl (C=O) groups excluding carboxylic acids is 2. The predicted octanol–water partition coefficient (Wildman–Crippen LogP) is 3.91. The number of amides is 1. The third kappa shape index (κ3) is 7.24. The molecule has 0 atom stereocenters. The number of aldehydes is 1. The number of aryl methyl sites for hydroxylation is 1. The summed E-state index contributed by atoms with van der Waals surface area (Å²) < 4.78 is 46.7. The van der Waals surface area contributed by atoms with Crippen LogP contribution in [0.5, 0.6) is 0 Å². The molecule has 1 aromatic carbocycles. The third-order valence-corrected chi connectivity index (χ3v) is 9.69. The number of nitrogens with one attached hydrogen (secondary N) is 2. The van der Waals surface area contributed by atoms with E-state index in [1.807, 2.05) is 24.9 Å². The second-order valence-corrected chi connectivity index (χ2v) is 12.9. The Bertz CT molecular complexity index is 2060. The number of piperazine rings is 1. The van der Waals surface area contributed by atoms with Crippen LogP contribution in [0.1, 0.15) is 53.0 Å². The van der Waals surface area contributed by atoms with Gasteiger partial charge in [-0.2, -0.15) is 27.8 Å². The average molecular weight is 745 g/mol. The van der Waals surface area contributed by atoms with Gasteiger partial charge < -0.3 is 34.5 Å². The molecule has 3 aliphatic rings. The van der Waals surface area contributed by atoms with Crippen LogP contribution in [0.3, 0.4) is 0 Å². The first-order chi connectivity index (χ1) is 25.0. The molecule has 1 fully saturated rings. The lowest BCUT2D eigenvalue weighted by Crippen LogP contribution is -2.51. The van der Waals surface area contributed by atoms with Crippen molar-refractivity contribution in [2.45, 2.75) is 45.3 Å². The molecule has 4 aromatic rings. The zero-order valence-electron chi connectivity index (χ0n) is 29.1. The molecule has 2 N–H and O–H groups in total. The standard InChI is InChI=1S/C26H33N9O4.C8H7ClF3N/c1-3-18-22(25(38)35-26(34(18)13-14-36)28-23(30-35)17-6-15-39-16-7-17)32-9-11-33(12-10-32)24(37)21-20-19(31(2)29-21)5-4-8-27-20;1-13-7-3-2-5(4-6(7)9)8(10,11)12/h6,14,27H,3-5,7-13,15-16H2,1-2H3;2-4,13H,1H3. The Hall–Kier alpha value is -4.90. The summed E-state index contributed by atoms with van der Waals surface area (Å²) in [6.45, 7) is 5.78. The minimum Gasteiger partial charge on any atom is -0.387 e. The van der Waals surface area contributed by atoms with Crippen LogP contribution in [0.15, 0.2) is 29.1 Å². The lowest BCUT2D eigenvalue weighted by atomic mass is 10.1. The van der Waals surface area contributed by atoms with E-state index in [2.05, 4.69) is 25.8 Å². The van der Waals surface area contributed by atoms with Gasteiger partial charge in [-0.25, -0.2) is 0 Å². The van der Waals surface area contributed by atoms with Crippen LogP contribution in [0.2, 0.25) is 5.02 Å². The number of rotatable bonds is 7. The monoisotopic (exact) mass is 744 g/mol. The van der Waals surface area contributed by atoms with Crippen molar-refractivity contribution in [1.29, 1.82) is 0 Å². The predicted molar refractivity (Wildman–Crippen MR) is 190 cm³/mol. The molecule has 0 saturated carbocycles. The summed E-state index contributed by atoms with van der Waals surface area (Å²) in [5, 5.41) is 15.2. The van der Waals surface area contributed by atoms with E-state index in [9.17, 15) is 27.6 Å². The largest absolute Gasteiger partial charge is 0.416 e. The maximum atomic E-state index is 13.8. The van der Waals surface area contributed by atoms with Crippen LogP contribution in [-0.4, -0.2) is 99.0 Å². The summed E-state index contributed by atoms with van der Waals surface area (Å²) in [4.78, 5) is 47.4. The first-order valence-electron chi connectivity index (χ1n) is 17.1. The van der Waals surface area contributed by atoms with E-state index in [4.69, 9.17) is 16.3 Å². The number of hydrogen-bond acceptors (Lipinski definition) is 10. The van der Waals surface area contributed by atoms with Crippen LogP contribution in [-0.2, 0) is 42.1 Å². The molecule has 278 valence electrons. The van der Waals surface area contributed by atoms with Crippen LogP contribution < -0.4 is 21.1 Å². The molecule has 3 aliphatic heterocycles. The number of halogens is 4. The second kappa shape index (κ2) is 15.4. The van der Waals surface area contributed by atoms with Gasteiger partial charge in [-0.1, -0.05) is 24.6 Å². The van der Waals surface area contributed by atoms with Gasteiger partial charge in [0.2, 0.25) is 5.78 Å². The molecule has 0 spiro atoms. The molecular formula is C34H40ClF3N10O4. The van der Waals surface area contributed by atoms with Crippen molar-refractivity contribution in [3.05, 3.63) is 68.1 Å². The number of hydrogen-bond donors (Lipinski definition) is 2. The Balaban J connectivity index is 0.000000303. The molecule has 0 aliphatic carbocycles. The molecule has 52 heavy (non-hydrogen) atoms. The molecule has 0 bridgehead atoms. The Morgan fingerprint density at radius 3 is 2.56 bits per heavy atom. The number of ether oxygens (including phenoxy) is 1. The van der Waals surface area contributed by atoms with Gasteiger partial charge >= 0.3 is 6.18 Å². The van der Waals surface area contributed by atoms with Gasteiger partial charge in [0.15, 0.2) is 11.5 Å². The van der Waals surface area contributed by atoms with E-state index in [1.165, 1.54) is 10.6 Å². The van der Waals surface area contributed by atoms with Crippen LogP contribution in [0.25, 0.3) is 11.4 Å². The normalized spacial score (nSPS) is 16.1. The number of anilines is 3. The topological polar surface area (TPSA) is 144 Å². The summed E-state index contributed by atoms with van der Waals surface area (Å²) in [6, 6.07) is 3.18. The van der Waals surface area contributed by atoms with Crippen molar-refractivity contribution in [3.63, 3.8) is 0 Å². The highest BCUT2D eigenvalue weighted by Crippen LogP contribution is 2.33. The number of alkyl halides is 3. The quantitative estimate of drug-likeness (QED) is 0.268. The fraction of sp³-hybridized carbons (Fsp3) is 0.471. The molecule has 6 heterocycles. The molecule has 18 heteroatoms. The van der Waals surface area contributed by atoms with E-state index < -0.39 is 11.7 Å². The Labute approximate surface area is 302 Å². The van der Waals surface area contributed by atoms with Crippen LogP contribution in [0.4, 0.5) is 30.2 Å². The van der Waals surface area contributed by atoms with Gasteiger partial charge in [0.25, 0.3) is 11.5 Å². The molecule has 1 saturated heterocycles. The zero-order valence-corrected chi connectivity index (χ0v) is 29.9. The van der Waals surface area contributed by atoms with Gasteiger partial charge in [-0.05, 0) is 49.5 Å². The van der Waals surface area contributed by atoms with E-state index in [0.717, 1.165) is 60.5 Å². The van der Waals surface area contributed by atoms with Gasteiger partial charge in [-0.15, -0.1) is 5.10 Å². The number of carbonyl (C=O) groups is 2. The minimum absolute atomic E-state index is 0.0660. The number of nitrogens with zero attached hydrogens (tertiary/aromatic N) is 8. The fourth-order valence-corrected chi connectivity index (χ4v) is 7.00. The molecule has 14 nitrogen and oxygen atoms in total. The first-order valence-corrected chi connectivity index (χ1v) is 17.5. The van der Waals surface area contributed by atoms with Crippen molar-refractivity contribution < 1.29 is 27.5 Å². The van der Waals surface area contributed by atoms with Crippen LogP contribution >= 0.6 is 11.6 Å². The van der Waals surface area contributed by atoms with Crippen molar-refractivity contribution in [1.82, 2.24) is 33.8 Å². The van der Waals surface area contributed by atoms with Gasteiger partial charge in [0.1, 0.15) is 12.0 Å². The summed E-state index contributed by atoms with van der Waals surface area (Å²) >= 11 is 5.57. The minimum atomic E-state index is -4.34. The van der Waals surface area contributed by atoms with Gasteiger partial charge in [0.05, 0.1) is 53.1 Å². The van der Waals surface area contributed by atoms with Crippen molar-refractivity contribution in [3.8, 4) is 0 Å². The summed E-state index contributed by atoms with van der Waals surface area (Å²) in [6.07, 6.45) is 1.53. The van der Waals surface area contributed by atoms with Crippen LogP contribution in [0, 0.1) is 0 Å². The Kier molecular flexibility index (Phi) is 10.9. The van der Waals surface area contributed by atoms with Crippen molar-refractivity contribution in [2.24, 2.45) is 7.05 Å². The maximum absolute atomic E-state index is 13.8. The zero-order chi connectivity index (χ0) is 37.2. The van der Waals surface area contributed by atoms with E-state index in [-0.39, 0.29) is 23.0 Å². The van der Waals surface area contributed by atoms with Gasteiger partial charge in [0, 0.05) is 46.8 Å². The summed E-state index contributed by atoms with van der Waals surface area (Å²) in [5.74, 6) is 0.740. The fourth-order valence-electron chi connectivity index (χ4n) is 6.72. The number of fused-ring (bicyclic) bond motifs is 2. The van der Waals surface area contributed by atoms with E-state index >= 15 is 0 Å². The molecule has 1 amide bonds. The highest BCUT2D eigenvalue weighted by atomic mass is 35.5. The second-order valence-electron chi connectivity index (χ2n) is 12.5. The Morgan fingerprint density at radius 2 is 1.92 bits per heavy atom. The molecule has 0 unspecified atom stereocenters. The van der Waals surface area contributed by atoms with Gasteiger partial charge in [-0.3, -0.25) is 14.3 Å². The maximum Gasteiger partial charge on any atom is 0.416 e. The highest BCUT2D eigenvalue weighted by molar-refractivity contribution is 6.33. The lowest BCUT2D eigenvalue weighted by molar-refractivity contribution is -0.137. The smallest absolute Gasteiger partial charge is 0.387 e. The summed E-state index contributed by atoms with van der Waals surface area (Å²) in [7, 11) is 3.47. The van der Waals surface area contributed by atoms with E-state index in [0.29, 0.717) is 80.9 Å². The molecule has 0 radical (unpaired) electrons. The highest BCUT2D eigenvalue weighted by Gasteiger charge is 2.33. The average Bonchev–Trinajstić information content (AvgIpc) is 3.75. The van der Waals surface area contributed by atoms with Crippen molar-refractivity contribution >= 4 is 52.2 Å². The third-order valence-electron chi connectivity index (χ3n) is 9.38. The molecule has 3 aromatic heterocycles. The SMILES string of the molecule is CCc1c(N2CCN(C(=O)c3nn(C)c4c3NCCC4)CC2)c(=O)n2nc(C3=CCOCC3)nc2n1CC=O.CNc1ccc(C(F)(F)F)cc1Cl. The van der Waals surface area contributed by atoms with E-state index in [1.54, 1.807) is 21.2 Å². The number of benzene rings is 1. The summed E-state index contributed by atoms with van der Waals surface area (Å²) in [5.41, 5.74) is 4.01. The van der Waals surface area contributed by atoms with Crippen molar-refractivity contribution in [2.75, 3.05) is 68.5 Å². The first kappa shape index (κ1) is 36.9. The number of aromatic nitrogens is 6. The molecular weight excluding hydrogens is 705 g/mol.